The average molecular weight is 302 g/mol. The van der Waals surface area contributed by atoms with Gasteiger partial charge in [-0.25, -0.2) is 0 Å². The van der Waals surface area contributed by atoms with E-state index in [1.165, 1.54) is 5.69 Å². The second-order valence-corrected chi connectivity index (χ2v) is 6.37. The summed E-state index contributed by atoms with van der Waals surface area (Å²) in [6.45, 7) is 7.19. The van der Waals surface area contributed by atoms with Crippen LogP contribution in [0.5, 0.6) is 0 Å². The fraction of sp³-hybridized carbons (Fsp3) is 0.611. The molecule has 1 aromatic carbocycles. The van der Waals surface area contributed by atoms with Gasteiger partial charge in [0.2, 0.25) is 5.91 Å². The second kappa shape index (κ2) is 7.14. The highest BCUT2D eigenvalue weighted by molar-refractivity contribution is 5.80. The maximum atomic E-state index is 12.7. The normalized spacial score (nSPS) is 25.0. The Labute approximate surface area is 133 Å². The molecule has 2 aliphatic rings. The van der Waals surface area contributed by atoms with Crippen LogP contribution in [-0.2, 0) is 9.53 Å². The number of hydrogen-bond donors (Lipinski definition) is 0. The number of ether oxygens (including phenoxy) is 1. The highest BCUT2D eigenvalue weighted by Gasteiger charge is 2.34. The molecule has 22 heavy (non-hydrogen) atoms. The van der Waals surface area contributed by atoms with E-state index >= 15 is 0 Å². The van der Waals surface area contributed by atoms with E-state index in [1.54, 1.807) is 0 Å². The van der Waals surface area contributed by atoms with E-state index < -0.39 is 0 Å². The SMILES string of the molecule is CCOC[C@@H]1CCN(C(=O)[C@@H]2CCN(c3ccccc3)C2)C1. The van der Waals surface area contributed by atoms with Crippen LogP contribution in [0.1, 0.15) is 19.8 Å². The van der Waals surface area contributed by atoms with Crippen molar-refractivity contribution in [1.29, 1.82) is 0 Å². The number of carbonyl (C=O) groups is 1. The lowest BCUT2D eigenvalue weighted by Crippen LogP contribution is -2.36. The molecule has 2 fully saturated rings. The van der Waals surface area contributed by atoms with Crippen LogP contribution in [-0.4, -0.2) is 50.2 Å². The van der Waals surface area contributed by atoms with Crippen molar-refractivity contribution in [3.05, 3.63) is 30.3 Å². The molecule has 0 spiro atoms. The molecular weight excluding hydrogens is 276 g/mol. The molecule has 2 atom stereocenters. The van der Waals surface area contributed by atoms with E-state index in [0.29, 0.717) is 11.8 Å². The number of amides is 1. The Morgan fingerprint density at radius 3 is 2.77 bits per heavy atom. The minimum atomic E-state index is 0.158. The molecule has 4 heteroatoms. The van der Waals surface area contributed by atoms with Crippen LogP contribution in [0.3, 0.4) is 0 Å². The van der Waals surface area contributed by atoms with Crippen LogP contribution in [0.4, 0.5) is 5.69 Å². The van der Waals surface area contributed by atoms with Gasteiger partial charge in [-0.1, -0.05) is 18.2 Å². The summed E-state index contributed by atoms with van der Waals surface area (Å²) < 4.78 is 5.50. The minimum absolute atomic E-state index is 0.158. The molecule has 0 N–H and O–H groups in total. The van der Waals surface area contributed by atoms with Crippen molar-refractivity contribution in [1.82, 2.24) is 4.90 Å². The minimum Gasteiger partial charge on any atom is -0.381 e. The molecule has 0 unspecified atom stereocenters. The lowest BCUT2D eigenvalue weighted by Gasteiger charge is -2.22. The second-order valence-electron chi connectivity index (χ2n) is 6.37. The quantitative estimate of drug-likeness (QED) is 0.837. The van der Waals surface area contributed by atoms with Gasteiger partial charge < -0.3 is 14.5 Å². The van der Waals surface area contributed by atoms with E-state index in [9.17, 15) is 4.79 Å². The number of nitrogens with zero attached hydrogens (tertiary/aromatic N) is 2. The maximum Gasteiger partial charge on any atom is 0.227 e. The molecule has 1 amide bonds. The molecular formula is C18H26N2O2. The highest BCUT2D eigenvalue weighted by atomic mass is 16.5. The summed E-state index contributed by atoms with van der Waals surface area (Å²) in [5.74, 6) is 1.03. The first-order valence-corrected chi connectivity index (χ1v) is 8.44. The molecule has 0 radical (unpaired) electrons. The highest BCUT2D eigenvalue weighted by Crippen LogP contribution is 2.27. The predicted octanol–water partition coefficient (Wildman–Crippen LogP) is 2.40. The summed E-state index contributed by atoms with van der Waals surface area (Å²) in [6, 6.07) is 10.4. The Hall–Kier alpha value is -1.55. The van der Waals surface area contributed by atoms with E-state index in [2.05, 4.69) is 34.1 Å². The molecule has 120 valence electrons. The van der Waals surface area contributed by atoms with Crippen LogP contribution >= 0.6 is 0 Å². The van der Waals surface area contributed by atoms with Gasteiger partial charge in [0.15, 0.2) is 0 Å². The third-order valence-corrected chi connectivity index (χ3v) is 4.81. The average Bonchev–Trinajstić information content (AvgIpc) is 3.23. The summed E-state index contributed by atoms with van der Waals surface area (Å²) in [7, 11) is 0. The van der Waals surface area contributed by atoms with Gasteiger partial charge in [-0.15, -0.1) is 0 Å². The Kier molecular flexibility index (Phi) is 4.98. The Morgan fingerprint density at radius 2 is 2.00 bits per heavy atom. The third-order valence-electron chi connectivity index (χ3n) is 4.81. The van der Waals surface area contributed by atoms with Crippen molar-refractivity contribution in [3.8, 4) is 0 Å². The monoisotopic (exact) mass is 302 g/mol. The molecule has 0 saturated carbocycles. The number of carbonyl (C=O) groups excluding carboxylic acids is 1. The number of para-hydroxylation sites is 1. The summed E-state index contributed by atoms with van der Waals surface area (Å²) in [5.41, 5.74) is 1.23. The predicted molar refractivity (Wildman–Crippen MR) is 87.9 cm³/mol. The van der Waals surface area contributed by atoms with Crippen molar-refractivity contribution < 1.29 is 9.53 Å². The first-order valence-electron chi connectivity index (χ1n) is 8.44. The molecule has 1 aromatic rings. The number of likely N-dealkylation sites (tertiary alicyclic amines) is 1. The number of hydrogen-bond acceptors (Lipinski definition) is 3. The van der Waals surface area contributed by atoms with Gasteiger partial charge in [-0.3, -0.25) is 4.79 Å². The molecule has 0 aliphatic carbocycles. The van der Waals surface area contributed by atoms with Crippen molar-refractivity contribution in [3.63, 3.8) is 0 Å². The fourth-order valence-corrected chi connectivity index (χ4v) is 3.55. The fourth-order valence-electron chi connectivity index (χ4n) is 3.55. The van der Waals surface area contributed by atoms with E-state index in [4.69, 9.17) is 4.74 Å². The van der Waals surface area contributed by atoms with Crippen molar-refractivity contribution >= 4 is 11.6 Å². The Balaban J connectivity index is 1.52. The summed E-state index contributed by atoms with van der Waals surface area (Å²) in [4.78, 5) is 17.1. The van der Waals surface area contributed by atoms with Gasteiger partial charge in [-0.2, -0.15) is 0 Å². The van der Waals surface area contributed by atoms with Crippen molar-refractivity contribution in [2.24, 2.45) is 11.8 Å². The van der Waals surface area contributed by atoms with Gasteiger partial charge in [0.05, 0.1) is 12.5 Å². The molecule has 0 bridgehead atoms. The van der Waals surface area contributed by atoms with Crippen molar-refractivity contribution in [2.75, 3.05) is 44.3 Å². The Bertz CT molecular complexity index is 491. The maximum absolute atomic E-state index is 12.7. The van der Waals surface area contributed by atoms with Gasteiger partial charge in [0.25, 0.3) is 0 Å². The van der Waals surface area contributed by atoms with Crippen LogP contribution in [0.15, 0.2) is 30.3 Å². The number of benzene rings is 1. The lowest BCUT2D eigenvalue weighted by atomic mass is 10.1. The third kappa shape index (κ3) is 3.43. The van der Waals surface area contributed by atoms with E-state index in [1.807, 2.05) is 13.0 Å². The van der Waals surface area contributed by atoms with Gasteiger partial charge in [0.1, 0.15) is 0 Å². The smallest absolute Gasteiger partial charge is 0.227 e. The van der Waals surface area contributed by atoms with E-state index in [-0.39, 0.29) is 5.92 Å². The zero-order valence-electron chi connectivity index (χ0n) is 13.4. The first kappa shape index (κ1) is 15.3. The molecule has 2 heterocycles. The van der Waals surface area contributed by atoms with Gasteiger partial charge >= 0.3 is 0 Å². The summed E-state index contributed by atoms with van der Waals surface area (Å²) in [5, 5.41) is 0. The number of rotatable bonds is 5. The largest absolute Gasteiger partial charge is 0.381 e. The summed E-state index contributed by atoms with van der Waals surface area (Å²) in [6.07, 6.45) is 2.06. The molecule has 2 saturated heterocycles. The van der Waals surface area contributed by atoms with Crippen LogP contribution in [0.25, 0.3) is 0 Å². The lowest BCUT2D eigenvalue weighted by molar-refractivity contribution is -0.133. The molecule has 2 aliphatic heterocycles. The van der Waals surface area contributed by atoms with E-state index in [0.717, 1.165) is 52.2 Å². The standard InChI is InChI=1S/C18H26N2O2/c1-2-22-14-15-8-10-20(12-15)18(21)16-9-11-19(13-16)17-6-4-3-5-7-17/h3-7,15-16H,2,8-14H2,1H3/t15-,16-/m1/s1. The summed E-state index contributed by atoms with van der Waals surface area (Å²) >= 11 is 0. The molecule has 4 nitrogen and oxygen atoms in total. The molecule has 3 rings (SSSR count). The van der Waals surface area contributed by atoms with Gasteiger partial charge in [-0.05, 0) is 31.9 Å². The first-order chi connectivity index (χ1) is 10.8. The van der Waals surface area contributed by atoms with Crippen molar-refractivity contribution in [2.45, 2.75) is 19.8 Å². The Morgan fingerprint density at radius 1 is 1.18 bits per heavy atom. The van der Waals surface area contributed by atoms with Crippen LogP contribution < -0.4 is 4.90 Å². The topological polar surface area (TPSA) is 32.8 Å². The number of anilines is 1. The molecule has 0 aromatic heterocycles. The zero-order chi connectivity index (χ0) is 15.4. The van der Waals surface area contributed by atoms with Crippen LogP contribution in [0, 0.1) is 11.8 Å². The van der Waals surface area contributed by atoms with Crippen LogP contribution in [0.2, 0.25) is 0 Å². The van der Waals surface area contributed by atoms with Gasteiger partial charge in [0, 0.05) is 44.4 Å². The zero-order valence-corrected chi connectivity index (χ0v) is 13.4.